The van der Waals surface area contributed by atoms with E-state index in [1.54, 1.807) is 4.90 Å². The van der Waals surface area contributed by atoms with Gasteiger partial charge in [0, 0.05) is 13.2 Å². The second kappa shape index (κ2) is 12.2. The number of benzene rings is 3. The minimum Gasteiger partial charge on any atom is -0.490 e. The van der Waals surface area contributed by atoms with E-state index in [0.717, 1.165) is 22.3 Å². The molecular weight excluding hydrogens is 518 g/mol. The zero-order chi connectivity index (χ0) is 29.1. The molecule has 0 bridgehead atoms. The summed E-state index contributed by atoms with van der Waals surface area (Å²) in [6.45, 7) is 11.5. The molecule has 5 rings (SSSR count). The summed E-state index contributed by atoms with van der Waals surface area (Å²) in [5.41, 5.74) is 4.21. The number of hydrogen-bond acceptors (Lipinski definition) is 6. The summed E-state index contributed by atoms with van der Waals surface area (Å²) in [4.78, 5) is 29.6. The molecule has 7 heteroatoms. The van der Waals surface area contributed by atoms with Gasteiger partial charge in [-0.2, -0.15) is 0 Å². The SMILES string of the molecule is CCOc1cc(C2c3c(oc4cc(C)cc(C)c4c3=O)C(=O)N2CCCOC(C)C)ccc1OCc1ccccc1. The number of aryl methyl sites for hydroxylation is 2. The molecule has 3 aromatic carbocycles. The van der Waals surface area contributed by atoms with Gasteiger partial charge >= 0.3 is 0 Å². The van der Waals surface area contributed by atoms with Crippen molar-refractivity contribution in [1.82, 2.24) is 4.90 Å². The van der Waals surface area contributed by atoms with E-state index in [4.69, 9.17) is 18.6 Å². The first kappa shape index (κ1) is 28.4. The summed E-state index contributed by atoms with van der Waals surface area (Å²) in [5.74, 6) is 0.958. The lowest BCUT2D eigenvalue weighted by Crippen LogP contribution is -2.31. The highest BCUT2D eigenvalue weighted by Gasteiger charge is 2.43. The van der Waals surface area contributed by atoms with Gasteiger partial charge in [-0.25, -0.2) is 0 Å². The van der Waals surface area contributed by atoms with Crippen molar-refractivity contribution in [1.29, 1.82) is 0 Å². The molecule has 4 aromatic rings. The number of rotatable bonds is 11. The van der Waals surface area contributed by atoms with Crippen LogP contribution >= 0.6 is 0 Å². The molecule has 2 heterocycles. The fraction of sp³-hybridized carbons (Fsp3) is 0.353. The molecule has 0 radical (unpaired) electrons. The lowest BCUT2D eigenvalue weighted by molar-refractivity contribution is 0.0593. The van der Waals surface area contributed by atoms with Crippen LogP contribution in [0.5, 0.6) is 11.5 Å². The van der Waals surface area contributed by atoms with Gasteiger partial charge in [-0.05, 0) is 81.5 Å². The molecule has 7 nitrogen and oxygen atoms in total. The molecule has 0 saturated heterocycles. The van der Waals surface area contributed by atoms with Crippen LogP contribution in [-0.4, -0.2) is 36.7 Å². The van der Waals surface area contributed by atoms with Crippen molar-refractivity contribution >= 4 is 16.9 Å². The van der Waals surface area contributed by atoms with Crippen LogP contribution in [0, 0.1) is 13.8 Å². The fourth-order valence-corrected chi connectivity index (χ4v) is 5.46. The van der Waals surface area contributed by atoms with E-state index in [1.165, 1.54) is 0 Å². The average Bonchev–Trinajstić information content (AvgIpc) is 3.22. The zero-order valence-corrected chi connectivity index (χ0v) is 24.4. The smallest absolute Gasteiger partial charge is 0.290 e. The first-order chi connectivity index (χ1) is 19.8. The fourth-order valence-electron chi connectivity index (χ4n) is 5.46. The molecule has 1 atom stereocenters. The van der Waals surface area contributed by atoms with Gasteiger partial charge in [0.2, 0.25) is 5.76 Å². The van der Waals surface area contributed by atoms with Crippen molar-refractivity contribution < 1.29 is 23.4 Å². The third-order valence-corrected chi connectivity index (χ3v) is 7.23. The number of amides is 1. The number of nitrogens with zero attached hydrogens (tertiary/aromatic N) is 1. The molecule has 1 aliphatic heterocycles. The van der Waals surface area contributed by atoms with Gasteiger partial charge in [0.05, 0.1) is 29.7 Å². The van der Waals surface area contributed by atoms with E-state index in [0.29, 0.717) is 60.8 Å². The maximum atomic E-state index is 14.1. The Kier molecular flexibility index (Phi) is 8.45. The van der Waals surface area contributed by atoms with E-state index in [2.05, 4.69) is 0 Å². The van der Waals surface area contributed by atoms with Gasteiger partial charge in [0.1, 0.15) is 12.2 Å². The molecule has 0 spiro atoms. The third kappa shape index (κ3) is 5.86. The predicted molar refractivity (Wildman–Crippen MR) is 159 cm³/mol. The van der Waals surface area contributed by atoms with E-state index >= 15 is 0 Å². The second-order valence-corrected chi connectivity index (χ2v) is 10.7. The maximum absolute atomic E-state index is 14.1. The monoisotopic (exact) mass is 555 g/mol. The molecule has 214 valence electrons. The molecule has 1 unspecified atom stereocenters. The van der Waals surface area contributed by atoms with Crippen molar-refractivity contribution in [2.45, 2.75) is 59.8 Å². The van der Waals surface area contributed by atoms with Gasteiger partial charge < -0.3 is 23.5 Å². The normalized spacial score (nSPS) is 14.6. The Morgan fingerprint density at radius 2 is 1.73 bits per heavy atom. The molecule has 0 N–H and O–H groups in total. The van der Waals surface area contributed by atoms with Crippen LogP contribution in [0.15, 0.2) is 69.9 Å². The third-order valence-electron chi connectivity index (χ3n) is 7.23. The molecule has 1 aromatic heterocycles. The summed E-state index contributed by atoms with van der Waals surface area (Å²) >= 11 is 0. The Morgan fingerprint density at radius 1 is 0.951 bits per heavy atom. The summed E-state index contributed by atoms with van der Waals surface area (Å²) in [6.07, 6.45) is 0.714. The lowest BCUT2D eigenvalue weighted by atomic mass is 9.96. The number of carbonyl (C=O) groups is 1. The number of hydrogen-bond donors (Lipinski definition) is 0. The van der Waals surface area contributed by atoms with E-state index in [-0.39, 0.29) is 23.2 Å². The number of carbonyl (C=O) groups excluding carboxylic acids is 1. The van der Waals surface area contributed by atoms with Crippen molar-refractivity contribution in [3.05, 3.63) is 104 Å². The van der Waals surface area contributed by atoms with Crippen molar-refractivity contribution in [2.24, 2.45) is 0 Å². The standard InChI is InChI=1S/C34H37NO6/c1-6-38-27-19-25(13-14-26(27)40-20-24-11-8-7-9-12-24)31-30-32(36)29-23(5)17-22(4)18-28(29)41-33(30)34(37)35(31)15-10-16-39-21(2)3/h7-9,11-14,17-19,21,31H,6,10,15-16,20H2,1-5H3. The predicted octanol–water partition coefficient (Wildman–Crippen LogP) is 6.75. The van der Waals surface area contributed by atoms with Gasteiger partial charge in [0.15, 0.2) is 16.9 Å². The molecule has 0 fully saturated rings. The van der Waals surface area contributed by atoms with Crippen molar-refractivity contribution in [2.75, 3.05) is 19.8 Å². The lowest BCUT2D eigenvalue weighted by Gasteiger charge is -2.26. The van der Waals surface area contributed by atoms with Crippen LogP contribution < -0.4 is 14.9 Å². The molecule has 1 amide bonds. The largest absolute Gasteiger partial charge is 0.490 e. The van der Waals surface area contributed by atoms with Crippen LogP contribution in [0.1, 0.15) is 71.6 Å². The second-order valence-electron chi connectivity index (χ2n) is 10.7. The van der Waals surface area contributed by atoms with E-state index in [1.807, 2.05) is 95.3 Å². The van der Waals surface area contributed by atoms with Gasteiger partial charge in [-0.1, -0.05) is 42.5 Å². The van der Waals surface area contributed by atoms with Crippen LogP contribution in [0.2, 0.25) is 0 Å². The quantitative estimate of drug-likeness (QED) is 0.191. The van der Waals surface area contributed by atoms with Gasteiger partial charge in [-0.15, -0.1) is 0 Å². The van der Waals surface area contributed by atoms with E-state index < -0.39 is 6.04 Å². The van der Waals surface area contributed by atoms with Gasteiger partial charge in [-0.3, -0.25) is 9.59 Å². The first-order valence-electron chi connectivity index (χ1n) is 14.2. The highest BCUT2D eigenvalue weighted by molar-refractivity contribution is 5.99. The Labute approximate surface area is 240 Å². The Morgan fingerprint density at radius 3 is 2.46 bits per heavy atom. The topological polar surface area (TPSA) is 78.2 Å². The minimum atomic E-state index is -0.625. The molecule has 0 aliphatic carbocycles. The Balaban J connectivity index is 1.58. The highest BCUT2D eigenvalue weighted by Crippen LogP contribution is 2.41. The van der Waals surface area contributed by atoms with Gasteiger partial charge in [0.25, 0.3) is 5.91 Å². The average molecular weight is 556 g/mol. The molecule has 1 aliphatic rings. The highest BCUT2D eigenvalue weighted by atomic mass is 16.5. The Bertz CT molecular complexity index is 1610. The molecule has 0 saturated carbocycles. The van der Waals surface area contributed by atoms with Crippen LogP contribution in [0.25, 0.3) is 11.0 Å². The molecular formula is C34H37NO6. The summed E-state index contributed by atoms with van der Waals surface area (Å²) in [6, 6.07) is 18.7. The summed E-state index contributed by atoms with van der Waals surface area (Å²) in [5, 5.41) is 0.505. The number of fused-ring (bicyclic) bond motifs is 2. The Hall–Kier alpha value is -4.10. The first-order valence-corrected chi connectivity index (χ1v) is 14.2. The van der Waals surface area contributed by atoms with Crippen molar-refractivity contribution in [3.63, 3.8) is 0 Å². The van der Waals surface area contributed by atoms with Crippen LogP contribution in [0.3, 0.4) is 0 Å². The van der Waals surface area contributed by atoms with Crippen LogP contribution in [-0.2, 0) is 11.3 Å². The van der Waals surface area contributed by atoms with E-state index in [9.17, 15) is 9.59 Å². The molecule has 41 heavy (non-hydrogen) atoms. The number of ether oxygens (including phenoxy) is 3. The maximum Gasteiger partial charge on any atom is 0.290 e. The van der Waals surface area contributed by atoms with Crippen LogP contribution in [0.4, 0.5) is 0 Å². The summed E-state index contributed by atoms with van der Waals surface area (Å²) in [7, 11) is 0. The summed E-state index contributed by atoms with van der Waals surface area (Å²) < 4.78 is 24.0. The zero-order valence-electron chi connectivity index (χ0n) is 24.4. The minimum absolute atomic E-state index is 0.0919. The van der Waals surface area contributed by atoms with Crippen molar-refractivity contribution in [3.8, 4) is 11.5 Å².